The van der Waals surface area contributed by atoms with Crippen LogP contribution in [0.5, 0.6) is 0 Å². The molecule has 2 aliphatic rings. The molecule has 3 heteroatoms. The highest BCUT2D eigenvalue weighted by molar-refractivity contribution is 5.86. The molecular weight excluding hydrogens is 152 g/mol. The first-order chi connectivity index (χ1) is 5.81. The first-order valence-electron chi connectivity index (χ1n) is 4.62. The highest BCUT2D eigenvalue weighted by Crippen LogP contribution is 2.32. The lowest BCUT2D eigenvalue weighted by Crippen LogP contribution is -2.40. The van der Waals surface area contributed by atoms with Crippen LogP contribution in [0.15, 0.2) is 5.16 Å². The van der Waals surface area contributed by atoms with Crippen molar-refractivity contribution in [3.8, 4) is 0 Å². The van der Waals surface area contributed by atoms with Crippen molar-refractivity contribution in [3.63, 3.8) is 0 Å². The maximum Gasteiger partial charge on any atom is 0.106 e. The van der Waals surface area contributed by atoms with Crippen LogP contribution in [0.1, 0.15) is 25.7 Å². The third-order valence-electron chi connectivity index (χ3n) is 3.15. The minimum absolute atomic E-state index is 0.734. The van der Waals surface area contributed by atoms with E-state index < -0.39 is 0 Å². The van der Waals surface area contributed by atoms with Gasteiger partial charge in [0.1, 0.15) is 7.11 Å². The van der Waals surface area contributed by atoms with Crippen LogP contribution in [0.25, 0.3) is 0 Å². The van der Waals surface area contributed by atoms with E-state index in [1.54, 1.807) is 7.11 Å². The lowest BCUT2D eigenvalue weighted by molar-refractivity contribution is 0.195. The number of piperidine rings is 1. The molecule has 3 nitrogen and oxygen atoms in total. The zero-order valence-electron chi connectivity index (χ0n) is 7.79. The van der Waals surface area contributed by atoms with Gasteiger partial charge in [-0.15, -0.1) is 0 Å². The van der Waals surface area contributed by atoms with Gasteiger partial charge in [-0.2, -0.15) is 0 Å². The smallest absolute Gasteiger partial charge is 0.106 e. The minimum atomic E-state index is 0.734. The summed E-state index contributed by atoms with van der Waals surface area (Å²) in [6.07, 6.45) is 4.90. The second-order valence-electron chi connectivity index (χ2n) is 3.80. The van der Waals surface area contributed by atoms with Gasteiger partial charge in [-0.25, -0.2) is 0 Å². The van der Waals surface area contributed by atoms with E-state index >= 15 is 0 Å². The van der Waals surface area contributed by atoms with Crippen LogP contribution in [0.2, 0.25) is 0 Å². The molecule has 0 saturated carbocycles. The highest BCUT2D eigenvalue weighted by Gasteiger charge is 2.36. The predicted octanol–water partition coefficient (Wildman–Crippen LogP) is 1.25. The van der Waals surface area contributed by atoms with Crippen molar-refractivity contribution in [2.45, 2.75) is 37.8 Å². The molecule has 0 aromatic heterocycles. The number of nitrogens with zero attached hydrogens (tertiary/aromatic N) is 2. The van der Waals surface area contributed by atoms with Gasteiger partial charge in [-0.05, 0) is 19.9 Å². The molecule has 2 rings (SSSR count). The lowest BCUT2D eigenvalue weighted by atomic mass is 10.0. The fraction of sp³-hybridized carbons (Fsp3) is 0.889. The molecule has 0 amide bonds. The Balaban J connectivity index is 2.07. The molecule has 68 valence electrons. The van der Waals surface area contributed by atoms with Crippen molar-refractivity contribution in [1.82, 2.24) is 4.90 Å². The first-order valence-corrected chi connectivity index (χ1v) is 4.62. The number of rotatable bonds is 1. The fourth-order valence-electron chi connectivity index (χ4n) is 2.41. The maximum atomic E-state index is 4.81. The summed E-state index contributed by atoms with van der Waals surface area (Å²) in [6, 6.07) is 1.47. The highest BCUT2D eigenvalue weighted by atomic mass is 16.6. The lowest BCUT2D eigenvalue weighted by Gasteiger charge is -2.31. The van der Waals surface area contributed by atoms with Gasteiger partial charge in [0.25, 0.3) is 0 Å². The monoisotopic (exact) mass is 168 g/mol. The third kappa shape index (κ3) is 1.22. The molecule has 2 bridgehead atoms. The van der Waals surface area contributed by atoms with Crippen LogP contribution < -0.4 is 0 Å². The average molecular weight is 168 g/mol. The van der Waals surface area contributed by atoms with Gasteiger partial charge in [0.15, 0.2) is 0 Å². The van der Waals surface area contributed by atoms with Crippen molar-refractivity contribution < 1.29 is 4.84 Å². The molecule has 12 heavy (non-hydrogen) atoms. The van der Waals surface area contributed by atoms with Crippen molar-refractivity contribution in [3.05, 3.63) is 0 Å². The largest absolute Gasteiger partial charge is 0.399 e. The second kappa shape index (κ2) is 3.05. The molecule has 2 aliphatic heterocycles. The molecule has 0 aromatic carbocycles. The second-order valence-corrected chi connectivity index (χ2v) is 3.80. The first kappa shape index (κ1) is 8.05. The van der Waals surface area contributed by atoms with Gasteiger partial charge in [0, 0.05) is 24.9 Å². The van der Waals surface area contributed by atoms with E-state index in [1.165, 1.54) is 18.6 Å². The molecule has 0 aliphatic carbocycles. The van der Waals surface area contributed by atoms with Gasteiger partial charge in [-0.3, -0.25) is 4.90 Å². The van der Waals surface area contributed by atoms with E-state index in [0.717, 1.165) is 24.9 Å². The molecular formula is C9H16N2O. The van der Waals surface area contributed by atoms with Crippen LogP contribution in [-0.4, -0.2) is 36.9 Å². The summed E-state index contributed by atoms with van der Waals surface area (Å²) in [5.74, 6) is 0. The molecule has 0 spiro atoms. The normalized spacial score (nSPS) is 39.0. The third-order valence-corrected chi connectivity index (χ3v) is 3.15. The molecule has 2 heterocycles. The summed E-state index contributed by atoms with van der Waals surface area (Å²) in [5.41, 5.74) is 1.25. The van der Waals surface area contributed by atoms with E-state index in [0.29, 0.717) is 0 Å². The number of hydrogen-bond acceptors (Lipinski definition) is 3. The Morgan fingerprint density at radius 2 is 1.92 bits per heavy atom. The van der Waals surface area contributed by atoms with Crippen LogP contribution in [0, 0.1) is 0 Å². The molecule has 0 radical (unpaired) electrons. The van der Waals surface area contributed by atoms with Gasteiger partial charge in [0.05, 0.1) is 5.71 Å². The maximum absolute atomic E-state index is 4.81. The fourth-order valence-corrected chi connectivity index (χ4v) is 2.41. The van der Waals surface area contributed by atoms with Crippen molar-refractivity contribution in [2.75, 3.05) is 14.2 Å². The standard InChI is InChI=1S/C9H16N2O/c1-11-8-3-4-9(11)6-7(5-8)10-12-2/h8-9H,3-6H2,1-2H3/t8-,9+. The van der Waals surface area contributed by atoms with E-state index in [-0.39, 0.29) is 0 Å². The Morgan fingerprint density at radius 3 is 2.42 bits per heavy atom. The summed E-state index contributed by atoms with van der Waals surface area (Å²) >= 11 is 0. The number of oxime groups is 1. The average Bonchev–Trinajstić information content (AvgIpc) is 2.33. The van der Waals surface area contributed by atoms with Crippen molar-refractivity contribution in [2.24, 2.45) is 5.16 Å². The Kier molecular flexibility index (Phi) is 2.05. The molecule has 2 atom stereocenters. The summed E-state index contributed by atoms with van der Waals surface area (Å²) in [5, 5.41) is 4.05. The quantitative estimate of drug-likeness (QED) is 0.550. The SMILES string of the molecule is CON=C1C[C@H]2CC[C@@H](C1)N2C. The molecule has 0 unspecified atom stereocenters. The van der Waals surface area contributed by atoms with Crippen LogP contribution in [0.4, 0.5) is 0 Å². The van der Waals surface area contributed by atoms with Crippen molar-refractivity contribution >= 4 is 5.71 Å². The zero-order valence-corrected chi connectivity index (χ0v) is 7.79. The summed E-state index contributed by atoms with van der Waals surface area (Å²) in [4.78, 5) is 7.31. The Morgan fingerprint density at radius 1 is 1.33 bits per heavy atom. The van der Waals surface area contributed by atoms with Crippen LogP contribution >= 0.6 is 0 Å². The van der Waals surface area contributed by atoms with Gasteiger partial charge in [-0.1, -0.05) is 5.16 Å². The van der Waals surface area contributed by atoms with Gasteiger partial charge >= 0.3 is 0 Å². The molecule has 0 aromatic rings. The van der Waals surface area contributed by atoms with E-state index in [9.17, 15) is 0 Å². The van der Waals surface area contributed by atoms with Crippen LogP contribution in [0.3, 0.4) is 0 Å². The van der Waals surface area contributed by atoms with E-state index in [4.69, 9.17) is 4.84 Å². The Hall–Kier alpha value is -0.570. The zero-order chi connectivity index (χ0) is 8.55. The van der Waals surface area contributed by atoms with Gasteiger partial charge < -0.3 is 4.84 Å². The minimum Gasteiger partial charge on any atom is -0.399 e. The van der Waals surface area contributed by atoms with E-state index in [1.807, 2.05) is 0 Å². The number of hydrogen-bond donors (Lipinski definition) is 0. The van der Waals surface area contributed by atoms with Crippen molar-refractivity contribution in [1.29, 1.82) is 0 Å². The molecule has 2 fully saturated rings. The van der Waals surface area contributed by atoms with E-state index in [2.05, 4.69) is 17.1 Å². The summed E-state index contributed by atoms with van der Waals surface area (Å²) in [6.45, 7) is 0. The molecule has 2 saturated heterocycles. The number of fused-ring (bicyclic) bond motifs is 2. The topological polar surface area (TPSA) is 24.8 Å². The van der Waals surface area contributed by atoms with Crippen LogP contribution in [-0.2, 0) is 4.84 Å². The molecule has 0 N–H and O–H groups in total. The summed E-state index contributed by atoms with van der Waals surface area (Å²) < 4.78 is 0. The Bertz CT molecular complexity index is 187. The van der Waals surface area contributed by atoms with Gasteiger partial charge in [0.2, 0.25) is 0 Å². The predicted molar refractivity (Wildman–Crippen MR) is 48.3 cm³/mol. The Labute approximate surface area is 73.4 Å². The summed E-state index contributed by atoms with van der Waals surface area (Å²) in [7, 11) is 3.86.